The third-order valence-electron chi connectivity index (χ3n) is 13.4. The van der Waals surface area contributed by atoms with Gasteiger partial charge in [-0.05, 0) is 0 Å². The molecule has 0 nitrogen and oxygen atoms in total. The summed E-state index contributed by atoms with van der Waals surface area (Å²) in [4.78, 5) is 0. The summed E-state index contributed by atoms with van der Waals surface area (Å²) in [5, 5.41) is 0. The molecule has 0 aromatic heterocycles. The largest absolute Gasteiger partial charge is 1.00 e. The van der Waals surface area contributed by atoms with Crippen LogP contribution in [0.2, 0.25) is 0 Å². The van der Waals surface area contributed by atoms with Gasteiger partial charge in [-0.25, -0.2) is 176 Å². The molecule has 8 rings (SSSR count). The van der Waals surface area contributed by atoms with Crippen molar-refractivity contribution in [3.05, 3.63) is 233 Å². The van der Waals surface area contributed by atoms with Crippen molar-refractivity contribution in [2.45, 2.75) is 0 Å². The van der Waals surface area contributed by atoms with Gasteiger partial charge in [-0.3, -0.25) is 0 Å². The Morgan fingerprint density at radius 2 is 0.130 bits per heavy atom. The molecule has 44 heteroatoms. The van der Waals surface area contributed by atoms with E-state index in [2.05, 4.69) is 0 Å². The topological polar surface area (TPSA) is 0 Å². The summed E-state index contributed by atoms with van der Waals surface area (Å²) in [6, 6.07) is 0. The molecule has 92 heavy (non-hydrogen) atoms. The van der Waals surface area contributed by atoms with E-state index in [0.717, 1.165) is 0 Å². The van der Waals surface area contributed by atoms with Crippen LogP contribution in [0.5, 0.6) is 0 Å². The molecule has 0 aliphatic carbocycles. The van der Waals surface area contributed by atoms with E-state index < -0.39 is 289 Å². The molecule has 0 unspecified atom stereocenters. The molecule has 0 aliphatic rings. The summed E-state index contributed by atoms with van der Waals surface area (Å²) in [5.74, 6) is -143. The van der Waals surface area contributed by atoms with E-state index in [9.17, 15) is 105 Å². The fourth-order valence-electron chi connectivity index (χ4n) is 9.75. The van der Waals surface area contributed by atoms with Crippen LogP contribution in [0.15, 0.2) is 0 Å². The van der Waals surface area contributed by atoms with Crippen molar-refractivity contribution >= 4 is 56.0 Å². The summed E-state index contributed by atoms with van der Waals surface area (Å²) in [5.41, 5.74) is -28.7. The molecule has 0 saturated heterocycles. The molecule has 0 N–H and O–H groups in total. The Kier molecular flexibility index (Phi) is 21.5. The van der Waals surface area contributed by atoms with E-state index in [0.29, 0.717) is 0 Å². The van der Waals surface area contributed by atoms with Crippen molar-refractivity contribution in [2.75, 3.05) is 0 Å². The van der Waals surface area contributed by atoms with Gasteiger partial charge in [-0.1, -0.05) is 0 Å². The summed E-state index contributed by atoms with van der Waals surface area (Å²) < 4.78 is 588. The minimum Gasteiger partial charge on any atom is -0.207 e. The summed E-state index contributed by atoms with van der Waals surface area (Å²) in [7, 11) is 0. The van der Waals surface area contributed by atoms with Crippen molar-refractivity contribution in [1.82, 2.24) is 0 Å². The Balaban J connectivity index is 0.000000327. The number of benzene rings is 8. The minimum absolute atomic E-state index is 0. The summed E-state index contributed by atoms with van der Waals surface area (Å²) >= 11 is 0. The monoisotopic (exact) mass is 1400 g/mol. The second-order valence-electron chi connectivity index (χ2n) is 17.6. The molecule has 0 atom stereocenters. The molecule has 0 heterocycles. The third-order valence-corrected chi connectivity index (χ3v) is 13.4. The zero-order valence-corrected chi connectivity index (χ0v) is 46.3. The number of hydrogen-bond donors (Lipinski definition) is 0. The molecular formula is C48B2F40Na2. The first-order chi connectivity index (χ1) is 41.4. The molecule has 0 radical (unpaired) electrons. The SMILES string of the molecule is Fc1c(F)c(F)c([B-](c2c(F)c(F)c(F)c(F)c2F)(c2c(F)c(F)c(F)c(F)c2F)c2c(F)c(F)c(F)c(F)c2F)c(F)c1F.Fc1c(F)c(F)c([B-](c2c(F)c(F)c(F)c(F)c2F)(c2c(F)c(F)c(F)c(F)c2F)c2c(F)c(F)c(F)c(F)c2F)c(F)c1F.[Na+].[Na+]. The van der Waals surface area contributed by atoms with Gasteiger partial charge >= 0.3 is 59.1 Å². The van der Waals surface area contributed by atoms with Crippen molar-refractivity contribution in [2.24, 2.45) is 0 Å². The van der Waals surface area contributed by atoms with E-state index in [4.69, 9.17) is 0 Å². The van der Waals surface area contributed by atoms with E-state index in [-0.39, 0.29) is 59.1 Å². The van der Waals surface area contributed by atoms with E-state index >= 15 is 70.2 Å². The molecule has 0 aliphatic heterocycles. The fraction of sp³-hybridized carbons (Fsp3) is 0. The van der Waals surface area contributed by atoms with Crippen LogP contribution in [-0.2, 0) is 0 Å². The Morgan fingerprint density at radius 1 is 0.0870 bits per heavy atom. The van der Waals surface area contributed by atoms with E-state index in [1.165, 1.54) is 0 Å². The third kappa shape index (κ3) is 10.3. The Morgan fingerprint density at radius 3 is 0.185 bits per heavy atom. The van der Waals surface area contributed by atoms with Crippen molar-refractivity contribution in [1.29, 1.82) is 0 Å². The molecular weight excluding hydrogens is 1400 g/mol. The molecule has 0 saturated carbocycles. The first kappa shape index (κ1) is 75.8. The van der Waals surface area contributed by atoms with Crippen LogP contribution >= 0.6 is 0 Å². The molecule has 480 valence electrons. The average Bonchev–Trinajstić information content (AvgIpc) is 0.689. The fourth-order valence-corrected chi connectivity index (χ4v) is 9.75. The minimum atomic E-state index is -7.22. The van der Waals surface area contributed by atoms with Gasteiger partial charge in [0.25, 0.3) is 0 Å². The van der Waals surface area contributed by atoms with Gasteiger partial charge in [0.2, 0.25) is 0 Å². The maximum absolute atomic E-state index is 15.4. The second kappa shape index (κ2) is 26.1. The molecule has 0 amide bonds. The molecule has 0 bridgehead atoms. The van der Waals surface area contributed by atoms with Gasteiger partial charge in [0.05, 0.1) is 0 Å². The van der Waals surface area contributed by atoms with Crippen molar-refractivity contribution in [3.8, 4) is 0 Å². The van der Waals surface area contributed by atoms with Crippen LogP contribution < -0.4 is 103 Å². The number of halogens is 40. The van der Waals surface area contributed by atoms with Crippen LogP contribution in [0.4, 0.5) is 176 Å². The predicted molar refractivity (Wildman–Crippen MR) is 218 cm³/mol. The Bertz CT molecular complexity index is 3430. The van der Waals surface area contributed by atoms with Crippen LogP contribution in [0.3, 0.4) is 0 Å². The van der Waals surface area contributed by atoms with Crippen molar-refractivity contribution in [3.63, 3.8) is 0 Å². The van der Waals surface area contributed by atoms with Gasteiger partial charge in [0.15, 0.2) is 140 Å². The van der Waals surface area contributed by atoms with Crippen LogP contribution in [0.1, 0.15) is 0 Å². The van der Waals surface area contributed by atoms with Crippen LogP contribution in [0.25, 0.3) is 0 Å². The van der Waals surface area contributed by atoms with Gasteiger partial charge in [0, 0.05) is 0 Å². The summed E-state index contributed by atoms with van der Waals surface area (Å²) in [6.07, 6.45) is -14.4. The van der Waals surface area contributed by atoms with E-state index in [1.54, 1.807) is 0 Å². The zero-order chi connectivity index (χ0) is 68.7. The summed E-state index contributed by atoms with van der Waals surface area (Å²) in [6.45, 7) is 0. The Labute approximate surface area is 521 Å². The molecule has 8 aromatic carbocycles. The smallest absolute Gasteiger partial charge is 0.207 e. The zero-order valence-electron chi connectivity index (χ0n) is 42.3. The van der Waals surface area contributed by atoms with Crippen LogP contribution in [-0.4, -0.2) is 12.3 Å². The average molecular weight is 1400 g/mol. The standard InChI is InChI=1S/2C24BF20.2Na/c2*26-5-1(6(27)14(35)21(42)13(5)34)25(2-7(28)15(36)22(43)16(37)8(2)29,3-9(30)17(38)23(44)18(39)10(3)31)4-11(32)19(40)24(45)20(41)12(4)33;;/q2*-1;2*+1. The Hall–Kier alpha value is -6.91. The molecule has 0 fully saturated rings. The predicted octanol–water partition coefficient (Wildman–Crippen LogP) is 5.70. The first-order valence-electron chi connectivity index (χ1n) is 21.9. The van der Waals surface area contributed by atoms with Gasteiger partial charge in [-0.2, -0.15) is 0 Å². The number of hydrogen-bond acceptors (Lipinski definition) is 0. The maximum atomic E-state index is 15.4. The second-order valence-corrected chi connectivity index (χ2v) is 17.6. The van der Waals surface area contributed by atoms with Gasteiger partial charge in [0.1, 0.15) is 105 Å². The normalized spacial score (nSPS) is 11.7. The molecule has 0 spiro atoms. The van der Waals surface area contributed by atoms with Crippen LogP contribution in [0, 0.1) is 233 Å². The number of rotatable bonds is 8. The van der Waals surface area contributed by atoms with E-state index in [1.807, 2.05) is 0 Å². The quantitative estimate of drug-likeness (QED) is 0.0795. The maximum Gasteiger partial charge on any atom is 1.00 e. The molecule has 8 aromatic rings. The van der Waals surface area contributed by atoms with Gasteiger partial charge < -0.3 is 0 Å². The first-order valence-corrected chi connectivity index (χ1v) is 21.9. The van der Waals surface area contributed by atoms with Gasteiger partial charge in [-0.15, -0.1) is 43.7 Å². The van der Waals surface area contributed by atoms with Crippen molar-refractivity contribution < 1.29 is 235 Å².